The van der Waals surface area contributed by atoms with Crippen LogP contribution in [0.1, 0.15) is 69.6 Å². The molecule has 0 saturated carbocycles. The summed E-state index contributed by atoms with van der Waals surface area (Å²) in [4.78, 5) is 31.4. The molecule has 0 aliphatic carbocycles. The molecule has 3 aliphatic heterocycles. The van der Waals surface area contributed by atoms with Crippen LogP contribution in [-0.4, -0.2) is 52.0 Å². The van der Waals surface area contributed by atoms with Crippen LogP contribution in [0.25, 0.3) is 6.08 Å². The smallest absolute Gasteiger partial charge is 0.270 e. The van der Waals surface area contributed by atoms with Crippen LogP contribution >= 0.6 is 24.0 Å². The number of thioether (sulfide) groups is 1. The summed E-state index contributed by atoms with van der Waals surface area (Å²) < 4.78 is 8.04. The van der Waals surface area contributed by atoms with Crippen LogP contribution in [-0.2, 0) is 16.1 Å². The van der Waals surface area contributed by atoms with Gasteiger partial charge in [-0.2, -0.15) is 5.26 Å². The van der Waals surface area contributed by atoms with Gasteiger partial charge in [0.15, 0.2) is 0 Å². The van der Waals surface area contributed by atoms with Crippen LogP contribution in [0.5, 0.6) is 0 Å². The summed E-state index contributed by atoms with van der Waals surface area (Å²) in [6.07, 6.45) is 6.73. The molecule has 4 rings (SSSR count). The first kappa shape index (κ1) is 26.9. The summed E-state index contributed by atoms with van der Waals surface area (Å²) in [5.74, 6) is 1.66. The molecule has 0 N–H and O–H groups in total. The molecule has 7 nitrogen and oxygen atoms in total. The van der Waals surface area contributed by atoms with Crippen molar-refractivity contribution in [3.63, 3.8) is 0 Å². The minimum Gasteiger partial charge on any atom is -0.376 e. The lowest BCUT2D eigenvalue weighted by atomic mass is 9.91. The van der Waals surface area contributed by atoms with E-state index in [0.717, 1.165) is 63.2 Å². The van der Waals surface area contributed by atoms with Crippen molar-refractivity contribution in [1.29, 1.82) is 5.26 Å². The molecular weight excluding hydrogens is 492 g/mol. The third-order valence-corrected chi connectivity index (χ3v) is 8.69. The zero-order valence-electron chi connectivity index (χ0n) is 21.7. The molecule has 3 aliphatic rings. The zero-order valence-corrected chi connectivity index (χ0v) is 23.3. The molecule has 194 valence electrons. The summed E-state index contributed by atoms with van der Waals surface area (Å²) in [7, 11) is 0. The van der Waals surface area contributed by atoms with Gasteiger partial charge in [0.1, 0.15) is 21.8 Å². The number of amides is 1. The van der Waals surface area contributed by atoms with Gasteiger partial charge in [-0.3, -0.25) is 19.1 Å². The Balaban J connectivity index is 1.83. The third kappa shape index (κ3) is 5.41. The van der Waals surface area contributed by atoms with Crippen LogP contribution in [0.2, 0.25) is 0 Å². The molecule has 0 aromatic carbocycles. The molecule has 1 aromatic rings. The van der Waals surface area contributed by atoms with E-state index >= 15 is 0 Å². The number of nitrogens with zero attached hydrogens (tertiary/aromatic N) is 4. The molecule has 9 heteroatoms. The molecule has 0 spiro atoms. The fraction of sp³-hybridized carbons (Fsp3) is 0.630. The van der Waals surface area contributed by atoms with Gasteiger partial charge in [0, 0.05) is 31.8 Å². The second-order valence-corrected chi connectivity index (χ2v) is 12.1. The minimum atomic E-state index is -0.243. The number of carbonyl (C=O) groups excluding carboxylic acids is 1. The van der Waals surface area contributed by atoms with E-state index < -0.39 is 0 Å². The second-order valence-electron chi connectivity index (χ2n) is 10.4. The van der Waals surface area contributed by atoms with Crippen LogP contribution < -0.4 is 10.5 Å². The molecule has 36 heavy (non-hydrogen) atoms. The van der Waals surface area contributed by atoms with E-state index in [1.165, 1.54) is 11.8 Å². The number of ether oxygens (including phenoxy) is 1. The number of nitriles is 1. The van der Waals surface area contributed by atoms with Crippen LogP contribution in [0.3, 0.4) is 0 Å². The lowest BCUT2D eigenvalue weighted by Gasteiger charge is -2.39. The van der Waals surface area contributed by atoms with Crippen LogP contribution in [0, 0.1) is 30.1 Å². The predicted octanol–water partition coefficient (Wildman–Crippen LogP) is 4.69. The Morgan fingerprint density at radius 2 is 1.97 bits per heavy atom. The molecule has 1 amide bonds. The highest BCUT2D eigenvalue weighted by Gasteiger charge is 2.36. The van der Waals surface area contributed by atoms with Gasteiger partial charge in [0.05, 0.1) is 17.6 Å². The maximum Gasteiger partial charge on any atom is 0.270 e. The number of pyridine rings is 1. The molecular formula is C27H36N4O3S2. The predicted molar refractivity (Wildman–Crippen MR) is 149 cm³/mol. The number of rotatable bonds is 7. The number of hydrogen-bond donors (Lipinski definition) is 0. The Labute approximate surface area is 223 Å². The van der Waals surface area contributed by atoms with Gasteiger partial charge in [-0.1, -0.05) is 51.2 Å². The average Bonchev–Trinajstić information content (AvgIpc) is 3.43. The largest absolute Gasteiger partial charge is 0.376 e. The summed E-state index contributed by atoms with van der Waals surface area (Å²) in [5, 5.41) is 9.90. The molecule has 3 saturated heterocycles. The highest BCUT2D eigenvalue weighted by atomic mass is 32.2. The number of anilines is 1. The zero-order chi connectivity index (χ0) is 26.0. The number of hydrogen-bond acceptors (Lipinski definition) is 7. The van der Waals surface area contributed by atoms with E-state index in [9.17, 15) is 14.9 Å². The SMILES string of the molecule is CCCCn1c(N2CC(C)CC(C)C2)c(/C=C2\SC(=S)N(CC3CCCO3)C2=O)c(C)c(C#N)c1=O. The summed E-state index contributed by atoms with van der Waals surface area (Å²) in [6, 6.07) is 2.14. The Hall–Kier alpha value is -2.15. The van der Waals surface area contributed by atoms with Crippen molar-refractivity contribution in [2.75, 3.05) is 31.1 Å². The second kappa shape index (κ2) is 11.5. The van der Waals surface area contributed by atoms with E-state index in [1.54, 1.807) is 9.47 Å². The number of carbonyl (C=O) groups is 1. The monoisotopic (exact) mass is 528 g/mol. The van der Waals surface area contributed by atoms with E-state index in [0.29, 0.717) is 39.7 Å². The molecule has 1 aromatic heterocycles. The highest BCUT2D eigenvalue weighted by molar-refractivity contribution is 8.26. The first-order valence-electron chi connectivity index (χ1n) is 13.0. The highest BCUT2D eigenvalue weighted by Crippen LogP contribution is 2.37. The van der Waals surface area contributed by atoms with Crippen LogP contribution in [0.4, 0.5) is 5.82 Å². The van der Waals surface area contributed by atoms with E-state index in [1.807, 2.05) is 13.0 Å². The van der Waals surface area contributed by atoms with Crippen molar-refractivity contribution in [2.45, 2.75) is 72.4 Å². The van der Waals surface area contributed by atoms with Crippen molar-refractivity contribution < 1.29 is 9.53 Å². The minimum absolute atomic E-state index is 0.0154. The lowest BCUT2D eigenvalue weighted by molar-refractivity contribution is -0.123. The fourth-order valence-corrected chi connectivity index (χ4v) is 6.88. The maximum atomic E-state index is 13.5. The molecule has 3 atom stereocenters. The maximum absolute atomic E-state index is 13.5. The van der Waals surface area contributed by atoms with Crippen molar-refractivity contribution in [3.8, 4) is 6.07 Å². The van der Waals surface area contributed by atoms with Gasteiger partial charge >= 0.3 is 0 Å². The van der Waals surface area contributed by atoms with Gasteiger partial charge < -0.3 is 9.64 Å². The molecule has 4 heterocycles. The van der Waals surface area contributed by atoms with Crippen molar-refractivity contribution >= 4 is 46.1 Å². The molecule has 3 unspecified atom stereocenters. The van der Waals surface area contributed by atoms with Gasteiger partial charge in [0.25, 0.3) is 11.5 Å². The Bertz CT molecular complexity index is 1150. The van der Waals surface area contributed by atoms with Crippen molar-refractivity contribution in [2.24, 2.45) is 11.8 Å². The Morgan fingerprint density at radius 3 is 2.58 bits per heavy atom. The quantitative estimate of drug-likeness (QED) is 0.375. The number of aromatic nitrogens is 1. The van der Waals surface area contributed by atoms with Gasteiger partial charge in [-0.15, -0.1) is 0 Å². The summed E-state index contributed by atoms with van der Waals surface area (Å²) >= 11 is 6.86. The normalized spacial score (nSPS) is 25.8. The van der Waals surface area contributed by atoms with Crippen molar-refractivity contribution in [3.05, 3.63) is 31.9 Å². The van der Waals surface area contributed by atoms with E-state index in [-0.39, 0.29) is 23.1 Å². The van der Waals surface area contributed by atoms with Gasteiger partial charge in [0.2, 0.25) is 0 Å². The summed E-state index contributed by atoms with van der Waals surface area (Å²) in [5.41, 5.74) is 1.31. The third-order valence-electron chi connectivity index (χ3n) is 7.31. The fourth-order valence-electron chi connectivity index (χ4n) is 5.62. The summed E-state index contributed by atoms with van der Waals surface area (Å²) in [6.45, 7) is 11.8. The topological polar surface area (TPSA) is 78.6 Å². The number of unbranched alkanes of at least 4 members (excludes halogenated alkanes) is 1. The Kier molecular flexibility index (Phi) is 8.59. The Morgan fingerprint density at radius 1 is 1.25 bits per heavy atom. The van der Waals surface area contributed by atoms with Crippen molar-refractivity contribution in [1.82, 2.24) is 9.47 Å². The molecule has 0 radical (unpaired) electrons. The molecule has 3 fully saturated rings. The first-order chi connectivity index (χ1) is 17.2. The number of thiocarbonyl (C=S) groups is 1. The standard InChI is InChI=1S/C27H36N4O3S2/c1-5-6-9-30-24(29-14-17(2)11-18(3)15-29)21(19(4)22(13-28)25(30)32)12-23-26(33)31(27(35)36-23)16-20-8-7-10-34-20/h12,17-18,20H,5-11,14-16H2,1-4H3/b23-12-. The average molecular weight is 529 g/mol. The van der Waals surface area contributed by atoms with E-state index in [4.69, 9.17) is 17.0 Å². The van der Waals surface area contributed by atoms with E-state index in [2.05, 4.69) is 31.7 Å². The number of piperidine rings is 1. The molecule has 0 bridgehead atoms. The lowest BCUT2D eigenvalue weighted by Crippen LogP contribution is -2.43. The van der Waals surface area contributed by atoms with Gasteiger partial charge in [-0.25, -0.2) is 0 Å². The first-order valence-corrected chi connectivity index (χ1v) is 14.3. The van der Waals surface area contributed by atoms with Crippen LogP contribution in [0.15, 0.2) is 9.70 Å². The van der Waals surface area contributed by atoms with Gasteiger partial charge in [-0.05, 0) is 56.1 Å².